The maximum absolute atomic E-state index is 14.4. The molecule has 0 bridgehead atoms. The van der Waals surface area contributed by atoms with Gasteiger partial charge in [0.1, 0.15) is 17.5 Å². The minimum absolute atomic E-state index is 0.0722. The normalized spacial score (nSPS) is 18.8. The van der Waals surface area contributed by atoms with Crippen molar-refractivity contribution >= 4 is 22.7 Å². The number of carbonyl (C=O) groups is 2. The monoisotopic (exact) mass is 429 g/mol. The topological polar surface area (TPSA) is 74.0 Å². The molecule has 0 unspecified atom stereocenters. The van der Waals surface area contributed by atoms with Crippen molar-refractivity contribution in [1.82, 2.24) is 15.6 Å². The maximum atomic E-state index is 14.4. The second-order valence-electron chi connectivity index (χ2n) is 8.14. The van der Waals surface area contributed by atoms with Crippen LogP contribution in [0.25, 0.3) is 22.2 Å². The zero-order chi connectivity index (χ0) is 22.2. The Morgan fingerprint density at radius 2 is 1.87 bits per heavy atom. The lowest BCUT2D eigenvalue weighted by Crippen LogP contribution is -2.50. The largest absolute Gasteiger partial charge is 0.355 e. The molecular formula is C23H22F3N3O2. The molecule has 31 heavy (non-hydrogen) atoms. The summed E-state index contributed by atoms with van der Waals surface area (Å²) in [6.45, 7) is 2.30. The van der Waals surface area contributed by atoms with Gasteiger partial charge in [-0.1, -0.05) is 0 Å². The number of H-pyrrole nitrogens is 1. The summed E-state index contributed by atoms with van der Waals surface area (Å²) >= 11 is 0. The van der Waals surface area contributed by atoms with Crippen LogP contribution in [0.5, 0.6) is 0 Å². The summed E-state index contributed by atoms with van der Waals surface area (Å²) < 4.78 is 41.6. The maximum Gasteiger partial charge on any atom is 0.227 e. The van der Waals surface area contributed by atoms with Gasteiger partial charge in [-0.25, -0.2) is 13.2 Å². The second kappa shape index (κ2) is 8.09. The molecule has 3 N–H and O–H groups in total. The molecule has 2 aromatic carbocycles. The number of benzene rings is 2. The van der Waals surface area contributed by atoms with Gasteiger partial charge in [-0.15, -0.1) is 0 Å². The van der Waals surface area contributed by atoms with Crippen LogP contribution in [-0.4, -0.2) is 29.9 Å². The molecule has 0 saturated carbocycles. The first-order valence-corrected chi connectivity index (χ1v) is 10.1. The van der Waals surface area contributed by atoms with Crippen LogP contribution in [0.2, 0.25) is 0 Å². The molecule has 8 heteroatoms. The molecule has 162 valence electrons. The van der Waals surface area contributed by atoms with E-state index in [1.807, 2.05) is 0 Å². The van der Waals surface area contributed by atoms with Crippen LogP contribution in [0.3, 0.4) is 0 Å². The van der Waals surface area contributed by atoms with Gasteiger partial charge in [0, 0.05) is 36.7 Å². The number of amides is 2. The van der Waals surface area contributed by atoms with Crippen molar-refractivity contribution in [3.8, 4) is 11.3 Å². The Bertz CT molecular complexity index is 1150. The number of nitrogens with one attached hydrogen (secondary N) is 3. The molecule has 1 aromatic heterocycles. The SMILES string of the molecule is C[C@]1(C(=O)NCCc2c(-c3ccc(F)cc3)[nH]c3c(F)cc(F)cc23)CCC(=O)NC1. The van der Waals surface area contributed by atoms with Gasteiger partial charge in [-0.05, 0) is 61.2 Å². The van der Waals surface area contributed by atoms with Crippen molar-refractivity contribution in [3.63, 3.8) is 0 Å². The van der Waals surface area contributed by atoms with Crippen molar-refractivity contribution in [3.05, 3.63) is 59.4 Å². The molecule has 1 fully saturated rings. The number of halogens is 3. The first kappa shape index (κ1) is 21.0. The highest BCUT2D eigenvalue weighted by atomic mass is 19.1. The number of hydrogen-bond acceptors (Lipinski definition) is 2. The fourth-order valence-corrected chi connectivity index (χ4v) is 3.96. The third-order valence-electron chi connectivity index (χ3n) is 5.85. The van der Waals surface area contributed by atoms with Crippen LogP contribution >= 0.6 is 0 Å². The van der Waals surface area contributed by atoms with Crippen molar-refractivity contribution in [2.24, 2.45) is 5.41 Å². The highest BCUT2D eigenvalue weighted by molar-refractivity contribution is 5.91. The molecule has 4 rings (SSSR count). The third-order valence-corrected chi connectivity index (χ3v) is 5.85. The Balaban J connectivity index is 1.60. The number of aromatic nitrogens is 1. The lowest BCUT2D eigenvalue weighted by atomic mass is 9.81. The van der Waals surface area contributed by atoms with Gasteiger partial charge in [-0.3, -0.25) is 9.59 Å². The molecule has 5 nitrogen and oxygen atoms in total. The van der Waals surface area contributed by atoms with Gasteiger partial charge >= 0.3 is 0 Å². The second-order valence-corrected chi connectivity index (χ2v) is 8.14. The lowest BCUT2D eigenvalue weighted by Gasteiger charge is -2.32. The van der Waals surface area contributed by atoms with E-state index in [-0.39, 0.29) is 30.4 Å². The molecule has 0 spiro atoms. The Morgan fingerprint density at radius 1 is 1.13 bits per heavy atom. The Labute approximate surface area is 177 Å². The first-order valence-electron chi connectivity index (χ1n) is 10.1. The van der Waals surface area contributed by atoms with Crippen LogP contribution < -0.4 is 10.6 Å². The molecule has 0 aliphatic carbocycles. The quantitative estimate of drug-likeness (QED) is 0.577. The van der Waals surface area contributed by atoms with E-state index in [9.17, 15) is 22.8 Å². The molecule has 0 radical (unpaired) electrons. The molecule has 2 heterocycles. The van der Waals surface area contributed by atoms with E-state index in [1.54, 1.807) is 19.1 Å². The number of rotatable bonds is 5. The van der Waals surface area contributed by atoms with Crippen LogP contribution in [0, 0.1) is 22.9 Å². The highest BCUT2D eigenvalue weighted by Crippen LogP contribution is 2.33. The van der Waals surface area contributed by atoms with E-state index in [4.69, 9.17) is 0 Å². The smallest absolute Gasteiger partial charge is 0.227 e. The van der Waals surface area contributed by atoms with Crippen molar-refractivity contribution in [2.75, 3.05) is 13.1 Å². The average molecular weight is 429 g/mol. The highest BCUT2D eigenvalue weighted by Gasteiger charge is 2.36. The number of fused-ring (bicyclic) bond motifs is 1. The minimum Gasteiger partial charge on any atom is -0.355 e. The van der Waals surface area contributed by atoms with Gasteiger partial charge in [0.15, 0.2) is 0 Å². The predicted octanol–water partition coefficient (Wildman–Crippen LogP) is 3.83. The van der Waals surface area contributed by atoms with E-state index < -0.39 is 22.9 Å². The minimum atomic E-state index is -0.723. The van der Waals surface area contributed by atoms with Gasteiger partial charge in [-0.2, -0.15) is 0 Å². The zero-order valence-electron chi connectivity index (χ0n) is 17.0. The fourth-order valence-electron chi connectivity index (χ4n) is 3.96. The number of carbonyl (C=O) groups excluding carboxylic acids is 2. The predicted molar refractivity (Wildman–Crippen MR) is 111 cm³/mol. The van der Waals surface area contributed by atoms with Gasteiger partial charge in [0.05, 0.1) is 10.9 Å². The molecule has 1 aliphatic rings. The van der Waals surface area contributed by atoms with Crippen molar-refractivity contribution < 1.29 is 22.8 Å². The third kappa shape index (κ3) is 4.15. The number of aromatic amines is 1. The van der Waals surface area contributed by atoms with Gasteiger partial charge < -0.3 is 15.6 Å². The molecule has 3 aromatic rings. The van der Waals surface area contributed by atoms with E-state index in [0.717, 1.165) is 6.07 Å². The summed E-state index contributed by atoms with van der Waals surface area (Å²) in [6.07, 6.45) is 1.05. The van der Waals surface area contributed by atoms with Crippen LogP contribution in [-0.2, 0) is 16.0 Å². The van der Waals surface area contributed by atoms with Gasteiger partial charge in [0.25, 0.3) is 0 Å². The van der Waals surface area contributed by atoms with Crippen LogP contribution in [0.4, 0.5) is 13.2 Å². The number of piperidine rings is 1. The van der Waals surface area contributed by atoms with E-state index in [2.05, 4.69) is 15.6 Å². The lowest BCUT2D eigenvalue weighted by molar-refractivity contribution is -0.134. The summed E-state index contributed by atoms with van der Waals surface area (Å²) in [6, 6.07) is 7.75. The Morgan fingerprint density at radius 3 is 2.55 bits per heavy atom. The van der Waals surface area contributed by atoms with E-state index in [0.29, 0.717) is 41.5 Å². The summed E-state index contributed by atoms with van der Waals surface area (Å²) in [7, 11) is 0. The van der Waals surface area contributed by atoms with Crippen molar-refractivity contribution in [1.29, 1.82) is 0 Å². The van der Waals surface area contributed by atoms with Gasteiger partial charge in [0.2, 0.25) is 11.8 Å². The summed E-state index contributed by atoms with van der Waals surface area (Å²) in [5.41, 5.74) is 1.25. The summed E-state index contributed by atoms with van der Waals surface area (Å²) in [4.78, 5) is 27.1. The Kier molecular flexibility index (Phi) is 5.47. The first-order chi connectivity index (χ1) is 14.8. The van der Waals surface area contributed by atoms with Crippen LogP contribution in [0.1, 0.15) is 25.3 Å². The molecule has 1 atom stereocenters. The standard InChI is InChI=1S/C23H22F3N3O2/c1-23(8-6-19(30)28-12-23)22(31)27-9-7-16-17-10-15(25)11-18(26)21(17)29-20(16)13-2-4-14(24)5-3-13/h2-5,10-11,29H,6-9,12H2,1H3,(H,27,31)(H,28,30)/t23-/m0/s1. The van der Waals surface area contributed by atoms with E-state index in [1.165, 1.54) is 18.2 Å². The summed E-state index contributed by atoms with van der Waals surface area (Å²) in [5.74, 6) is -2.09. The number of hydrogen-bond donors (Lipinski definition) is 3. The van der Waals surface area contributed by atoms with Crippen molar-refractivity contribution in [2.45, 2.75) is 26.2 Å². The summed E-state index contributed by atoms with van der Waals surface area (Å²) in [5, 5.41) is 5.96. The molecule has 1 aliphatic heterocycles. The average Bonchev–Trinajstić information content (AvgIpc) is 3.09. The fraction of sp³-hybridized carbons (Fsp3) is 0.304. The molecule has 1 saturated heterocycles. The Hall–Kier alpha value is -3.29. The zero-order valence-corrected chi connectivity index (χ0v) is 17.0. The van der Waals surface area contributed by atoms with E-state index >= 15 is 0 Å². The molecular weight excluding hydrogens is 407 g/mol. The molecule has 2 amide bonds. The van der Waals surface area contributed by atoms with Crippen LogP contribution in [0.15, 0.2) is 36.4 Å².